The topological polar surface area (TPSA) is 37.4 Å². The fourth-order valence-corrected chi connectivity index (χ4v) is 5.89. The van der Waals surface area contributed by atoms with Crippen molar-refractivity contribution >= 4 is 43.9 Å². The number of aldehydes is 1. The highest BCUT2D eigenvalue weighted by Gasteiger charge is 2.38. The first-order chi connectivity index (χ1) is 15.0. The lowest BCUT2D eigenvalue weighted by Crippen LogP contribution is -2.33. The Morgan fingerprint density at radius 3 is 2.13 bits per heavy atom. The van der Waals surface area contributed by atoms with E-state index >= 15 is 0 Å². The van der Waals surface area contributed by atoms with Gasteiger partial charge in [-0.05, 0) is 42.0 Å². The Morgan fingerprint density at radius 1 is 0.968 bits per heavy atom. The molecule has 0 N–H and O–H groups in total. The first-order valence-electron chi connectivity index (χ1n) is 12.2. The molecule has 1 aromatic rings. The third-order valence-electron chi connectivity index (χ3n) is 6.56. The summed E-state index contributed by atoms with van der Waals surface area (Å²) in [5.74, 6) is 0.249. The highest BCUT2D eigenvalue weighted by Crippen LogP contribution is 2.43. The number of nitrogens with zero attached hydrogens (tertiary/aromatic N) is 1. The van der Waals surface area contributed by atoms with Crippen LogP contribution in [0.1, 0.15) is 108 Å². The van der Waals surface area contributed by atoms with Crippen LogP contribution in [0.5, 0.6) is 0 Å². The number of Topliss-reactive ketones (excluding diaryl/α,β-unsaturated/α-hetero) is 1. The summed E-state index contributed by atoms with van der Waals surface area (Å²) in [5.41, 5.74) is 2.11. The minimum Gasteiger partial charge on any atom is -0.295 e. The maximum absolute atomic E-state index is 12.6. The molecule has 3 nitrogen and oxygen atoms in total. The van der Waals surface area contributed by atoms with Crippen molar-refractivity contribution in [1.82, 2.24) is 4.90 Å². The first kappa shape index (κ1) is 26.7. The van der Waals surface area contributed by atoms with Crippen LogP contribution in [-0.2, 0) is 16.1 Å². The molecule has 0 saturated carbocycles. The van der Waals surface area contributed by atoms with Crippen molar-refractivity contribution in [3.8, 4) is 0 Å². The molecule has 0 saturated heterocycles. The Morgan fingerprint density at radius 2 is 1.52 bits per heavy atom. The van der Waals surface area contributed by atoms with Crippen molar-refractivity contribution in [2.24, 2.45) is 5.92 Å². The molecule has 0 fully saturated rings. The quantitative estimate of drug-likeness (QED) is 0.117. The lowest BCUT2D eigenvalue weighted by molar-refractivity contribution is -0.133. The van der Waals surface area contributed by atoms with E-state index in [9.17, 15) is 9.59 Å². The lowest BCUT2D eigenvalue weighted by Gasteiger charge is -2.28. The average Bonchev–Trinajstić information content (AvgIpc) is 3.15. The van der Waals surface area contributed by atoms with Gasteiger partial charge < -0.3 is 0 Å². The monoisotopic (exact) mass is 555 g/mol. The second-order valence-corrected chi connectivity index (χ2v) is 10.8. The van der Waals surface area contributed by atoms with Gasteiger partial charge in [0.1, 0.15) is 6.04 Å². The third-order valence-corrected chi connectivity index (χ3v) is 7.99. The molecule has 31 heavy (non-hydrogen) atoms. The van der Waals surface area contributed by atoms with Gasteiger partial charge in [0.15, 0.2) is 6.29 Å². The zero-order valence-corrected chi connectivity index (χ0v) is 22.5. The van der Waals surface area contributed by atoms with Gasteiger partial charge in [0.05, 0.1) is 0 Å². The molecule has 0 bridgehead atoms. The number of ketones is 1. The Hall–Kier alpha value is -0.520. The van der Waals surface area contributed by atoms with Gasteiger partial charge in [0, 0.05) is 22.0 Å². The van der Waals surface area contributed by atoms with E-state index in [0.717, 1.165) is 33.2 Å². The highest BCUT2D eigenvalue weighted by atomic mass is 79.9. The molecule has 174 valence electrons. The lowest BCUT2D eigenvalue weighted by atomic mass is 9.93. The summed E-state index contributed by atoms with van der Waals surface area (Å²) in [6, 6.07) is 3.53. The Kier molecular flexibility index (Phi) is 12.6. The molecule has 2 unspecified atom stereocenters. The van der Waals surface area contributed by atoms with E-state index in [1.54, 1.807) is 0 Å². The van der Waals surface area contributed by atoms with E-state index < -0.39 is 6.04 Å². The maximum Gasteiger partial charge on any atom is 0.216 e. The second kappa shape index (κ2) is 14.6. The summed E-state index contributed by atoms with van der Waals surface area (Å²) in [4.78, 5) is 26.4. The van der Waals surface area contributed by atoms with Crippen LogP contribution in [0.2, 0.25) is 0 Å². The van der Waals surface area contributed by atoms with Gasteiger partial charge in [-0.3, -0.25) is 14.5 Å². The number of carbonyl (C=O) groups is 2. The zero-order chi connectivity index (χ0) is 22.6. The summed E-state index contributed by atoms with van der Waals surface area (Å²) in [6.07, 6.45) is 15.9. The van der Waals surface area contributed by atoms with Gasteiger partial charge in [-0.1, -0.05) is 110 Å². The number of carbonyl (C=O) groups excluding carboxylic acids is 2. The zero-order valence-electron chi connectivity index (χ0n) is 19.3. The molecule has 5 heteroatoms. The van der Waals surface area contributed by atoms with Crippen LogP contribution < -0.4 is 0 Å². The molecule has 2 rings (SSSR count). The van der Waals surface area contributed by atoms with Crippen molar-refractivity contribution in [2.45, 2.75) is 103 Å². The number of hydrogen-bond acceptors (Lipinski definition) is 3. The van der Waals surface area contributed by atoms with E-state index in [1.807, 2.05) is 12.1 Å². The number of fused-ring (bicyclic) bond motifs is 1. The summed E-state index contributed by atoms with van der Waals surface area (Å²) in [7, 11) is 0. The van der Waals surface area contributed by atoms with E-state index in [-0.39, 0.29) is 5.78 Å². The van der Waals surface area contributed by atoms with Crippen molar-refractivity contribution < 1.29 is 9.59 Å². The van der Waals surface area contributed by atoms with Gasteiger partial charge in [0.25, 0.3) is 0 Å². The molecule has 0 amide bonds. The predicted molar refractivity (Wildman–Crippen MR) is 136 cm³/mol. The van der Waals surface area contributed by atoms with Crippen LogP contribution in [0.3, 0.4) is 0 Å². The standard InChI is InChI=1S/C26H39Br2NO2/c1-3-5-7-9-10-12-14-20(13-11-8-6-4-2)17-29-18-21-22(27)15-16-23(28)25(21)26(29)24(31)19-30/h15-16,19-20,26H,3-14,17-18H2,1-2H3. The van der Waals surface area contributed by atoms with Crippen molar-refractivity contribution in [3.63, 3.8) is 0 Å². The van der Waals surface area contributed by atoms with Gasteiger partial charge in [-0.15, -0.1) is 0 Å². The van der Waals surface area contributed by atoms with Gasteiger partial charge in [0.2, 0.25) is 5.78 Å². The highest BCUT2D eigenvalue weighted by molar-refractivity contribution is 9.11. The van der Waals surface area contributed by atoms with Crippen molar-refractivity contribution in [2.75, 3.05) is 6.54 Å². The van der Waals surface area contributed by atoms with Crippen molar-refractivity contribution in [1.29, 1.82) is 0 Å². The Bertz CT molecular complexity index is 707. The molecule has 0 spiro atoms. The van der Waals surface area contributed by atoms with Crippen LogP contribution in [0, 0.1) is 5.92 Å². The molecule has 1 aliphatic rings. The summed E-state index contributed by atoms with van der Waals surface area (Å²) in [6.45, 7) is 6.12. The number of halogens is 2. The predicted octanol–water partition coefficient (Wildman–Crippen LogP) is 8.17. The molecule has 0 radical (unpaired) electrons. The number of rotatable bonds is 16. The molecular weight excluding hydrogens is 518 g/mol. The maximum atomic E-state index is 12.6. The summed E-state index contributed by atoms with van der Waals surface area (Å²) in [5, 5.41) is 0. The van der Waals surface area contributed by atoms with Gasteiger partial charge >= 0.3 is 0 Å². The number of benzene rings is 1. The van der Waals surface area contributed by atoms with Gasteiger partial charge in [-0.2, -0.15) is 0 Å². The van der Waals surface area contributed by atoms with Crippen LogP contribution in [0.15, 0.2) is 21.1 Å². The normalized spacial score (nSPS) is 17.0. The summed E-state index contributed by atoms with van der Waals surface area (Å²) < 4.78 is 1.94. The Balaban J connectivity index is 2.07. The van der Waals surface area contributed by atoms with E-state index in [0.29, 0.717) is 12.2 Å². The van der Waals surface area contributed by atoms with E-state index in [2.05, 4.69) is 50.6 Å². The third kappa shape index (κ3) is 8.08. The number of hydrogen-bond donors (Lipinski definition) is 0. The van der Waals surface area contributed by atoms with E-state index in [1.165, 1.54) is 77.0 Å². The molecule has 2 atom stereocenters. The SMILES string of the molecule is CCCCCCCCC(CCCCCC)CN1Cc2c(Br)ccc(Br)c2C1C(=O)C=O. The average molecular weight is 557 g/mol. The molecular formula is C26H39Br2NO2. The number of unbranched alkanes of at least 4 members (excludes halogenated alkanes) is 8. The Labute approximate surface area is 206 Å². The van der Waals surface area contributed by atoms with E-state index in [4.69, 9.17) is 0 Å². The molecule has 0 aliphatic carbocycles. The summed E-state index contributed by atoms with van der Waals surface area (Å²) >= 11 is 7.29. The minimum absolute atomic E-state index is 0.332. The largest absolute Gasteiger partial charge is 0.295 e. The van der Waals surface area contributed by atoms with Crippen LogP contribution in [-0.4, -0.2) is 23.5 Å². The first-order valence-corrected chi connectivity index (χ1v) is 13.8. The molecule has 1 aliphatic heterocycles. The minimum atomic E-state index is -0.456. The molecule has 1 heterocycles. The fraction of sp³-hybridized carbons (Fsp3) is 0.692. The smallest absolute Gasteiger partial charge is 0.216 e. The molecule has 1 aromatic carbocycles. The van der Waals surface area contributed by atoms with Crippen LogP contribution >= 0.6 is 31.9 Å². The molecule has 0 aromatic heterocycles. The van der Waals surface area contributed by atoms with Gasteiger partial charge in [-0.25, -0.2) is 0 Å². The fourth-order valence-electron chi connectivity index (χ4n) is 4.83. The van der Waals surface area contributed by atoms with Crippen LogP contribution in [0.25, 0.3) is 0 Å². The van der Waals surface area contributed by atoms with Crippen LogP contribution in [0.4, 0.5) is 0 Å². The van der Waals surface area contributed by atoms with Crippen molar-refractivity contribution in [3.05, 3.63) is 32.2 Å². The second-order valence-electron chi connectivity index (χ2n) is 9.05.